The lowest BCUT2D eigenvalue weighted by molar-refractivity contribution is 0.0978. The summed E-state index contributed by atoms with van der Waals surface area (Å²) >= 11 is 1.56. The largest absolute Gasteiger partial charge is 0.305 e. The van der Waals surface area contributed by atoms with Crippen molar-refractivity contribution in [3.8, 4) is 10.6 Å². The number of H-pyrrole nitrogens is 1. The molecule has 3 rings (SSSR count). The lowest BCUT2D eigenvalue weighted by atomic mass is 10.2. The summed E-state index contributed by atoms with van der Waals surface area (Å²) < 4.78 is 0. The van der Waals surface area contributed by atoms with Gasteiger partial charge >= 0.3 is 0 Å². The molecule has 2 aromatic heterocycles. The number of aromatic amines is 1. The summed E-state index contributed by atoms with van der Waals surface area (Å²) in [5.41, 5.74) is 2.58. The van der Waals surface area contributed by atoms with Gasteiger partial charge in [0.15, 0.2) is 5.78 Å². The molecule has 0 atom stereocenters. The zero-order chi connectivity index (χ0) is 11.1. The lowest BCUT2D eigenvalue weighted by Crippen LogP contribution is -2.28. The minimum Gasteiger partial charge on any atom is -0.305 e. The smallest absolute Gasteiger partial charge is 0.196 e. The van der Waals surface area contributed by atoms with E-state index in [1.54, 1.807) is 17.5 Å². The average Bonchev–Trinajstić information content (AvgIpc) is 2.84. The van der Waals surface area contributed by atoms with E-state index in [-0.39, 0.29) is 5.78 Å². The summed E-state index contributed by atoms with van der Waals surface area (Å²) in [5, 5.41) is 10.8. The highest BCUT2D eigenvalue weighted by molar-refractivity contribution is 7.15. The lowest BCUT2D eigenvalue weighted by Gasteiger charge is -2.08. The van der Waals surface area contributed by atoms with Crippen LogP contribution in [0.2, 0.25) is 0 Å². The second-order valence-electron chi connectivity index (χ2n) is 3.73. The van der Waals surface area contributed by atoms with Crippen LogP contribution in [-0.4, -0.2) is 27.5 Å². The number of nitrogens with one attached hydrogen (secondary N) is 2. The Morgan fingerprint density at radius 3 is 3.00 bits per heavy atom. The van der Waals surface area contributed by atoms with Crippen LogP contribution in [0.25, 0.3) is 10.6 Å². The van der Waals surface area contributed by atoms with Gasteiger partial charge in [0.05, 0.1) is 18.3 Å². The Hall–Kier alpha value is -1.53. The van der Waals surface area contributed by atoms with Crippen LogP contribution in [-0.2, 0) is 6.54 Å². The molecule has 0 amide bonds. The summed E-state index contributed by atoms with van der Waals surface area (Å²) in [4.78, 5) is 17.0. The fourth-order valence-corrected chi connectivity index (χ4v) is 2.86. The van der Waals surface area contributed by atoms with Crippen molar-refractivity contribution in [1.29, 1.82) is 0 Å². The molecule has 2 aromatic rings. The molecule has 0 radical (unpaired) electrons. The fraction of sp³-hybridized carbons (Fsp3) is 0.300. The molecule has 2 N–H and O–H groups in total. The molecule has 6 heteroatoms. The quantitative estimate of drug-likeness (QED) is 0.776. The van der Waals surface area contributed by atoms with E-state index in [4.69, 9.17) is 0 Å². The Kier molecular flexibility index (Phi) is 2.12. The van der Waals surface area contributed by atoms with Crippen molar-refractivity contribution in [2.75, 3.05) is 6.54 Å². The molecule has 1 aliphatic heterocycles. The Balaban J connectivity index is 2.11. The van der Waals surface area contributed by atoms with Gasteiger partial charge in [-0.1, -0.05) is 0 Å². The molecule has 0 fully saturated rings. The van der Waals surface area contributed by atoms with Gasteiger partial charge in [-0.05, 0) is 6.92 Å². The first kappa shape index (κ1) is 9.68. The molecule has 5 nitrogen and oxygen atoms in total. The van der Waals surface area contributed by atoms with Crippen LogP contribution in [0.5, 0.6) is 0 Å². The Labute approximate surface area is 95.9 Å². The molecule has 0 unspecified atom stereocenters. The number of thiazole rings is 1. The molecule has 3 heterocycles. The molecule has 0 saturated carbocycles. The fourth-order valence-electron chi connectivity index (χ4n) is 1.74. The summed E-state index contributed by atoms with van der Waals surface area (Å²) in [6.07, 6.45) is 1.75. The van der Waals surface area contributed by atoms with Gasteiger partial charge in [-0.15, -0.1) is 11.3 Å². The van der Waals surface area contributed by atoms with Crippen molar-refractivity contribution in [2.45, 2.75) is 13.5 Å². The van der Waals surface area contributed by atoms with E-state index in [9.17, 15) is 4.79 Å². The normalized spacial score (nSPS) is 15.2. The van der Waals surface area contributed by atoms with Crippen LogP contribution in [0.3, 0.4) is 0 Å². The minimum absolute atomic E-state index is 0.0740. The van der Waals surface area contributed by atoms with Gasteiger partial charge in [0.1, 0.15) is 10.7 Å². The van der Waals surface area contributed by atoms with Crippen LogP contribution in [0, 0.1) is 6.92 Å². The Morgan fingerprint density at radius 2 is 2.31 bits per heavy atom. The molecular formula is C10H10N4OS. The van der Waals surface area contributed by atoms with E-state index in [1.165, 1.54) is 0 Å². The Morgan fingerprint density at radius 1 is 1.44 bits per heavy atom. The first-order valence-electron chi connectivity index (χ1n) is 4.99. The van der Waals surface area contributed by atoms with Gasteiger partial charge in [-0.3, -0.25) is 9.89 Å². The summed E-state index contributed by atoms with van der Waals surface area (Å²) in [5.74, 6) is 0.0740. The molecule has 0 spiro atoms. The molecule has 0 bridgehead atoms. The maximum absolute atomic E-state index is 11.6. The van der Waals surface area contributed by atoms with Crippen LogP contribution in [0.15, 0.2) is 6.20 Å². The Bertz CT molecular complexity index is 557. The van der Waals surface area contributed by atoms with Gasteiger partial charge in [0.2, 0.25) is 0 Å². The van der Waals surface area contributed by atoms with Gasteiger partial charge in [-0.2, -0.15) is 5.10 Å². The van der Waals surface area contributed by atoms with Gasteiger partial charge in [0.25, 0.3) is 0 Å². The molecule has 0 aromatic carbocycles. The summed E-state index contributed by atoms with van der Waals surface area (Å²) in [6, 6.07) is 0. The summed E-state index contributed by atoms with van der Waals surface area (Å²) in [7, 11) is 0. The van der Waals surface area contributed by atoms with Crippen LogP contribution in [0.1, 0.15) is 21.1 Å². The minimum atomic E-state index is 0.0740. The molecule has 1 aliphatic rings. The highest BCUT2D eigenvalue weighted by Gasteiger charge is 2.23. The van der Waals surface area contributed by atoms with E-state index in [0.717, 1.165) is 27.7 Å². The highest BCUT2D eigenvalue weighted by Crippen LogP contribution is 2.30. The van der Waals surface area contributed by atoms with Crippen molar-refractivity contribution < 1.29 is 4.79 Å². The third-order valence-electron chi connectivity index (χ3n) is 2.59. The first-order valence-corrected chi connectivity index (χ1v) is 5.81. The number of ketones is 1. The molecule has 16 heavy (non-hydrogen) atoms. The number of carbonyl (C=O) groups excluding carboxylic acids is 1. The van der Waals surface area contributed by atoms with E-state index in [0.29, 0.717) is 12.2 Å². The van der Waals surface area contributed by atoms with E-state index in [2.05, 4.69) is 20.5 Å². The first-order chi connectivity index (χ1) is 7.75. The maximum Gasteiger partial charge on any atom is 0.196 e. The molecular weight excluding hydrogens is 224 g/mol. The third kappa shape index (κ3) is 1.38. The third-order valence-corrected chi connectivity index (χ3v) is 3.68. The number of Topliss-reactive ketones (excluding diaryl/α,β-unsaturated/α-hetero) is 1. The second-order valence-corrected chi connectivity index (χ2v) is 4.81. The van der Waals surface area contributed by atoms with Crippen molar-refractivity contribution in [1.82, 2.24) is 20.5 Å². The number of hydrogen-bond donors (Lipinski definition) is 2. The number of hydrogen-bond acceptors (Lipinski definition) is 5. The zero-order valence-electron chi connectivity index (χ0n) is 8.70. The number of aryl methyl sites for hydroxylation is 1. The molecule has 0 aliphatic carbocycles. The zero-order valence-corrected chi connectivity index (χ0v) is 9.52. The SMILES string of the molecule is Cc1[nH]ncc1-c1nc2c(s1)CNCC2=O. The monoisotopic (exact) mass is 234 g/mol. The van der Waals surface area contributed by atoms with Gasteiger partial charge in [-0.25, -0.2) is 4.98 Å². The predicted octanol–water partition coefficient (Wildman–Crippen LogP) is 1.13. The van der Waals surface area contributed by atoms with E-state index in [1.807, 2.05) is 6.92 Å². The van der Waals surface area contributed by atoms with Crippen molar-refractivity contribution >= 4 is 17.1 Å². The number of fused-ring (bicyclic) bond motifs is 1. The predicted molar refractivity (Wildman–Crippen MR) is 60.5 cm³/mol. The average molecular weight is 234 g/mol. The number of carbonyl (C=O) groups is 1. The summed E-state index contributed by atoms with van der Waals surface area (Å²) in [6.45, 7) is 3.07. The van der Waals surface area contributed by atoms with Crippen LogP contribution < -0.4 is 5.32 Å². The highest BCUT2D eigenvalue weighted by atomic mass is 32.1. The van der Waals surface area contributed by atoms with Crippen LogP contribution in [0.4, 0.5) is 0 Å². The number of aromatic nitrogens is 3. The van der Waals surface area contributed by atoms with Crippen molar-refractivity contribution in [3.05, 3.63) is 22.5 Å². The van der Waals surface area contributed by atoms with Gasteiger partial charge < -0.3 is 5.32 Å². The topological polar surface area (TPSA) is 70.7 Å². The van der Waals surface area contributed by atoms with Crippen LogP contribution >= 0.6 is 11.3 Å². The van der Waals surface area contributed by atoms with Crippen molar-refractivity contribution in [2.24, 2.45) is 0 Å². The number of nitrogens with zero attached hydrogens (tertiary/aromatic N) is 2. The molecule has 82 valence electrons. The van der Waals surface area contributed by atoms with Crippen molar-refractivity contribution in [3.63, 3.8) is 0 Å². The standard InChI is InChI=1S/C10H10N4OS/c1-5-6(2-12-14-5)10-13-9-7(15)3-11-4-8(9)16-10/h2,11H,3-4H2,1H3,(H,12,14). The second kappa shape index (κ2) is 3.50. The van der Waals surface area contributed by atoms with E-state index < -0.39 is 0 Å². The van der Waals surface area contributed by atoms with Gasteiger partial charge in [0, 0.05) is 17.1 Å². The number of rotatable bonds is 1. The maximum atomic E-state index is 11.6. The van der Waals surface area contributed by atoms with E-state index >= 15 is 0 Å². The molecule has 0 saturated heterocycles.